The van der Waals surface area contributed by atoms with Gasteiger partial charge in [-0.2, -0.15) is 0 Å². The number of aromatic nitrogens is 1. The highest BCUT2D eigenvalue weighted by Crippen LogP contribution is 2.45. The topological polar surface area (TPSA) is 83.7 Å². The molecule has 0 N–H and O–H groups in total. The minimum atomic E-state index is -1.30. The average molecular weight is 444 g/mol. The van der Waals surface area contributed by atoms with Gasteiger partial charge in [-0.3, -0.25) is 19.3 Å². The second kappa shape index (κ2) is 8.46. The largest absolute Gasteiger partial charge is 0.364 e. The first-order valence-electron chi connectivity index (χ1n) is 10.6. The van der Waals surface area contributed by atoms with Crippen molar-refractivity contribution >= 4 is 29.3 Å². The lowest BCUT2D eigenvalue weighted by Crippen LogP contribution is -2.45. The summed E-state index contributed by atoms with van der Waals surface area (Å²) in [7, 11) is 1.66. The molecule has 2 unspecified atom stereocenters. The highest BCUT2D eigenvalue weighted by atomic mass is 35.5. The number of benzene rings is 1. The molecule has 2 aromatic rings. The third kappa shape index (κ3) is 3.76. The van der Waals surface area contributed by atoms with Gasteiger partial charge < -0.3 is 9.42 Å². The molecule has 8 heteroatoms. The number of amides is 3. The van der Waals surface area contributed by atoms with Crippen LogP contribution in [0.3, 0.4) is 0 Å². The molecule has 1 aliphatic carbocycles. The van der Waals surface area contributed by atoms with E-state index in [0.29, 0.717) is 16.3 Å². The molecular formula is C23H26ClN3O4. The van der Waals surface area contributed by atoms with E-state index in [9.17, 15) is 14.4 Å². The monoisotopic (exact) mass is 443 g/mol. The van der Waals surface area contributed by atoms with Gasteiger partial charge in [-0.25, -0.2) is 0 Å². The average Bonchev–Trinajstić information content (AvgIpc) is 3.50. The minimum absolute atomic E-state index is 0.0516. The summed E-state index contributed by atoms with van der Waals surface area (Å²) in [6.07, 6.45) is 4.89. The van der Waals surface area contributed by atoms with Crippen LogP contribution in [-0.2, 0) is 19.8 Å². The number of halogens is 1. The Balaban J connectivity index is 1.69. The molecule has 4 rings (SSSR count). The molecule has 3 amide bonds. The van der Waals surface area contributed by atoms with Crippen LogP contribution in [0.5, 0.6) is 0 Å². The van der Waals surface area contributed by atoms with E-state index >= 15 is 0 Å². The zero-order chi connectivity index (χ0) is 22.2. The van der Waals surface area contributed by atoms with E-state index in [1.54, 1.807) is 37.4 Å². The Morgan fingerprint density at radius 1 is 1.29 bits per heavy atom. The van der Waals surface area contributed by atoms with Gasteiger partial charge in [0.2, 0.25) is 17.7 Å². The van der Waals surface area contributed by atoms with Crippen molar-refractivity contribution in [1.29, 1.82) is 0 Å². The van der Waals surface area contributed by atoms with E-state index in [4.69, 9.17) is 16.1 Å². The van der Waals surface area contributed by atoms with Gasteiger partial charge in [0, 0.05) is 37.0 Å². The van der Waals surface area contributed by atoms with Crippen LogP contribution in [0.1, 0.15) is 62.7 Å². The Morgan fingerprint density at radius 2 is 2.00 bits per heavy atom. The van der Waals surface area contributed by atoms with E-state index in [1.165, 1.54) is 16.1 Å². The van der Waals surface area contributed by atoms with E-state index < -0.39 is 5.41 Å². The number of hydrogen-bond donors (Lipinski definition) is 0. The number of imide groups is 1. The summed E-state index contributed by atoms with van der Waals surface area (Å²) in [6.45, 7) is 1.84. The molecule has 2 heterocycles. The van der Waals surface area contributed by atoms with E-state index in [1.807, 2.05) is 6.92 Å². The maximum absolute atomic E-state index is 13.8. The number of rotatable bonds is 6. The van der Waals surface area contributed by atoms with Crippen LogP contribution >= 0.6 is 11.6 Å². The molecule has 2 fully saturated rings. The van der Waals surface area contributed by atoms with Crippen molar-refractivity contribution in [2.45, 2.75) is 62.9 Å². The van der Waals surface area contributed by atoms with Gasteiger partial charge in [0.1, 0.15) is 12.0 Å². The molecule has 2 aliphatic rings. The van der Waals surface area contributed by atoms with Gasteiger partial charge in [-0.1, -0.05) is 47.8 Å². The fourth-order valence-electron chi connectivity index (χ4n) is 4.82. The molecule has 164 valence electrons. The van der Waals surface area contributed by atoms with E-state index in [-0.39, 0.29) is 42.6 Å². The van der Waals surface area contributed by atoms with Crippen LogP contribution in [-0.4, -0.2) is 45.8 Å². The van der Waals surface area contributed by atoms with Gasteiger partial charge in [0.15, 0.2) is 0 Å². The van der Waals surface area contributed by atoms with Crippen molar-refractivity contribution < 1.29 is 18.9 Å². The normalized spacial score (nSPS) is 22.9. The SMILES string of the molecule is CC(c1ccon1)N(C)C(=O)CC1(c2ccccc2Cl)CC(=O)N(C2CCCC2)C1=O. The van der Waals surface area contributed by atoms with Crippen LogP contribution in [0.15, 0.2) is 41.1 Å². The lowest BCUT2D eigenvalue weighted by atomic mass is 9.75. The second-order valence-electron chi connectivity index (χ2n) is 8.53. The molecule has 2 atom stereocenters. The van der Waals surface area contributed by atoms with Crippen LogP contribution in [0.2, 0.25) is 5.02 Å². The first-order chi connectivity index (χ1) is 14.8. The van der Waals surface area contributed by atoms with Crippen molar-refractivity contribution in [2.75, 3.05) is 7.05 Å². The van der Waals surface area contributed by atoms with Crippen LogP contribution in [0.4, 0.5) is 0 Å². The first kappa shape index (κ1) is 21.6. The maximum atomic E-state index is 13.8. The van der Waals surface area contributed by atoms with Crippen molar-refractivity contribution in [2.24, 2.45) is 0 Å². The first-order valence-corrected chi connectivity index (χ1v) is 11.0. The Kier molecular flexibility index (Phi) is 5.88. The molecule has 0 spiro atoms. The third-order valence-electron chi connectivity index (χ3n) is 6.74. The van der Waals surface area contributed by atoms with E-state index in [2.05, 4.69) is 5.16 Å². The molecule has 1 aromatic carbocycles. The zero-order valence-electron chi connectivity index (χ0n) is 17.7. The van der Waals surface area contributed by atoms with Gasteiger partial charge in [-0.15, -0.1) is 0 Å². The fourth-order valence-corrected chi connectivity index (χ4v) is 5.14. The molecule has 0 radical (unpaired) electrons. The molecule has 1 aromatic heterocycles. The number of carbonyl (C=O) groups excluding carboxylic acids is 3. The lowest BCUT2D eigenvalue weighted by molar-refractivity contribution is -0.145. The lowest BCUT2D eigenvalue weighted by Gasteiger charge is -2.32. The smallest absolute Gasteiger partial charge is 0.241 e. The third-order valence-corrected chi connectivity index (χ3v) is 7.07. The highest BCUT2D eigenvalue weighted by Gasteiger charge is 2.56. The second-order valence-corrected chi connectivity index (χ2v) is 8.93. The Labute approximate surface area is 186 Å². The molecule has 31 heavy (non-hydrogen) atoms. The molecular weight excluding hydrogens is 418 g/mol. The Bertz CT molecular complexity index is 986. The summed E-state index contributed by atoms with van der Waals surface area (Å²) in [5.41, 5.74) is -0.150. The van der Waals surface area contributed by atoms with Crippen molar-refractivity contribution in [3.63, 3.8) is 0 Å². The predicted molar refractivity (Wildman–Crippen MR) is 114 cm³/mol. The van der Waals surface area contributed by atoms with Crippen LogP contribution in [0.25, 0.3) is 0 Å². The fraction of sp³-hybridized carbons (Fsp3) is 0.478. The van der Waals surface area contributed by atoms with Crippen molar-refractivity contribution in [3.8, 4) is 0 Å². The van der Waals surface area contributed by atoms with Crippen LogP contribution in [0, 0.1) is 0 Å². The maximum Gasteiger partial charge on any atom is 0.241 e. The quantitative estimate of drug-likeness (QED) is 0.632. The molecule has 7 nitrogen and oxygen atoms in total. The van der Waals surface area contributed by atoms with E-state index in [0.717, 1.165) is 25.7 Å². The Hall–Kier alpha value is -2.67. The predicted octanol–water partition coefficient (Wildman–Crippen LogP) is 3.88. The summed E-state index contributed by atoms with van der Waals surface area (Å²) in [4.78, 5) is 43.1. The number of carbonyl (C=O) groups is 3. The summed E-state index contributed by atoms with van der Waals surface area (Å²) < 4.78 is 4.90. The molecule has 1 saturated carbocycles. The summed E-state index contributed by atoms with van der Waals surface area (Å²) in [5.74, 6) is -0.796. The number of likely N-dealkylation sites (tertiary alicyclic amines) is 1. The van der Waals surface area contributed by atoms with Crippen molar-refractivity contribution in [1.82, 2.24) is 15.0 Å². The molecule has 1 aliphatic heterocycles. The highest BCUT2D eigenvalue weighted by molar-refractivity contribution is 6.32. The summed E-state index contributed by atoms with van der Waals surface area (Å²) in [5, 5.41) is 4.30. The standard InChI is InChI=1S/C23H26ClN3O4/c1-15(19-11-12-31-25-19)26(2)20(28)13-23(17-9-5-6-10-18(17)24)14-21(29)27(22(23)30)16-7-3-4-8-16/h5-6,9-12,15-16H,3-4,7-8,13-14H2,1-2H3. The van der Waals surface area contributed by atoms with Crippen molar-refractivity contribution in [3.05, 3.63) is 52.9 Å². The number of nitrogens with zero attached hydrogens (tertiary/aromatic N) is 3. The Morgan fingerprint density at radius 3 is 2.65 bits per heavy atom. The molecule has 1 saturated heterocycles. The number of hydrogen-bond acceptors (Lipinski definition) is 5. The van der Waals surface area contributed by atoms with Gasteiger partial charge in [0.25, 0.3) is 0 Å². The molecule has 0 bridgehead atoms. The van der Waals surface area contributed by atoms with Crippen LogP contribution < -0.4 is 0 Å². The van der Waals surface area contributed by atoms with Gasteiger partial charge in [-0.05, 0) is 31.4 Å². The summed E-state index contributed by atoms with van der Waals surface area (Å²) >= 11 is 6.49. The summed E-state index contributed by atoms with van der Waals surface area (Å²) in [6, 6.07) is 8.27. The van der Waals surface area contributed by atoms with Gasteiger partial charge in [0.05, 0.1) is 11.5 Å². The minimum Gasteiger partial charge on any atom is -0.364 e. The van der Waals surface area contributed by atoms with Gasteiger partial charge >= 0.3 is 0 Å². The zero-order valence-corrected chi connectivity index (χ0v) is 18.5.